The van der Waals surface area contributed by atoms with E-state index in [9.17, 15) is 4.79 Å². The van der Waals surface area contributed by atoms with Crippen LogP contribution in [-0.4, -0.2) is 16.6 Å². The third kappa shape index (κ3) is 3.48. The van der Waals surface area contributed by atoms with Crippen molar-refractivity contribution in [3.63, 3.8) is 0 Å². The second kappa shape index (κ2) is 7.25. The highest BCUT2D eigenvalue weighted by atomic mass is 16.3. The van der Waals surface area contributed by atoms with E-state index in [1.807, 2.05) is 54.6 Å². The van der Waals surface area contributed by atoms with Gasteiger partial charge in [0.1, 0.15) is 11.5 Å². The Labute approximate surface area is 156 Å². The number of aromatic nitrogens is 1. The quantitative estimate of drug-likeness (QED) is 0.428. The van der Waals surface area contributed by atoms with E-state index in [0.29, 0.717) is 17.0 Å². The first-order chi connectivity index (χ1) is 13.2. The number of nitrogens with zero attached hydrogens (tertiary/aromatic N) is 2. The van der Waals surface area contributed by atoms with Gasteiger partial charge in [-0.1, -0.05) is 48.5 Å². The van der Waals surface area contributed by atoms with Gasteiger partial charge in [-0.2, -0.15) is 5.10 Å². The number of hydrazone groups is 1. The highest BCUT2D eigenvalue weighted by molar-refractivity contribution is 6.07. The van der Waals surface area contributed by atoms with Crippen LogP contribution in [0, 0.1) is 0 Å². The van der Waals surface area contributed by atoms with Crippen molar-refractivity contribution in [3.8, 4) is 11.3 Å². The maximum atomic E-state index is 12.8. The number of pyridine rings is 1. The minimum atomic E-state index is -0.295. The molecule has 0 fully saturated rings. The minimum Gasteiger partial charge on any atom is -0.463 e. The molecule has 5 nitrogen and oxygen atoms in total. The lowest BCUT2D eigenvalue weighted by Crippen LogP contribution is -2.20. The molecule has 0 aliphatic heterocycles. The molecule has 4 aromatic rings. The Hall–Kier alpha value is -3.73. The van der Waals surface area contributed by atoms with Gasteiger partial charge in [-0.25, -0.2) is 10.4 Å². The van der Waals surface area contributed by atoms with Crippen LogP contribution in [0.25, 0.3) is 22.2 Å². The standard InChI is InChI=1S/C22H17N3O2/c1-15(21-12-7-13-27-21)24-25-22(26)18-14-20(16-8-3-2-4-9-16)23-19-11-6-5-10-17(18)19/h2-14H,1H3,(H,25,26)/b24-15-. The summed E-state index contributed by atoms with van der Waals surface area (Å²) in [4.78, 5) is 17.5. The molecule has 1 N–H and O–H groups in total. The summed E-state index contributed by atoms with van der Waals surface area (Å²) < 4.78 is 5.29. The Morgan fingerprint density at radius 3 is 2.56 bits per heavy atom. The lowest BCUT2D eigenvalue weighted by atomic mass is 10.0. The number of carbonyl (C=O) groups excluding carboxylic acids is 1. The van der Waals surface area contributed by atoms with Gasteiger partial charge in [0.15, 0.2) is 0 Å². The van der Waals surface area contributed by atoms with Gasteiger partial charge in [-0.05, 0) is 31.2 Å². The summed E-state index contributed by atoms with van der Waals surface area (Å²) >= 11 is 0. The van der Waals surface area contributed by atoms with Crippen molar-refractivity contribution in [3.05, 3.63) is 90.4 Å². The number of para-hydroxylation sites is 1. The number of benzene rings is 2. The Balaban J connectivity index is 1.73. The van der Waals surface area contributed by atoms with Gasteiger partial charge in [0.25, 0.3) is 5.91 Å². The molecule has 0 unspecified atom stereocenters. The van der Waals surface area contributed by atoms with Gasteiger partial charge < -0.3 is 4.42 Å². The molecule has 4 rings (SSSR count). The lowest BCUT2D eigenvalue weighted by molar-refractivity contribution is 0.0956. The van der Waals surface area contributed by atoms with E-state index < -0.39 is 0 Å². The van der Waals surface area contributed by atoms with E-state index in [1.54, 1.807) is 31.4 Å². The molecule has 0 aliphatic rings. The molecule has 0 aliphatic carbocycles. The summed E-state index contributed by atoms with van der Waals surface area (Å²) in [5.74, 6) is 0.316. The van der Waals surface area contributed by atoms with Crippen LogP contribution in [0.2, 0.25) is 0 Å². The van der Waals surface area contributed by atoms with Gasteiger partial charge in [0.2, 0.25) is 0 Å². The smallest absolute Gasteiger partial charge is 0.272 e. The van der Waals surface area contributed by atoms with Crippen LogP contribution in [0.3, 0.4) is 0 Å². The molecule has 0 atom stereocenters. The van der Waals surface area contributed by atoms with E-state index in [0.717, 1.165) is 22.2 Å². The third-order valence-corrected chi connectivity index (χ3v) is 4.23. The number of hydrogen-bond acceptors (Lipinski definition) is 4. The molecular weight excluding hydrogens is 338 g/mol. The lowest BCUT2D eigenvalue weighted by Gasteiger charge is -2.09. The molecule has 0 bridgehead atoms. The Morgan fingerprint density at radius 1 is 1.00 bits per heavy atom. The molecule has 2 heterocycles. The Bertz CT molecular complexity index is 1120. The van der Waals surface area contributed by atoms with Crippen molar-refractivity contribution in [1.82, 2.24) is 10.4 Å². The number of fused-ring (bicyclic) bond motifs is 1. The Morgan fingerprint density at radius 2 is 1.78 bits per heavy atom. The molecule has 0 radical (unpaired) electrons. The average Bonchev–Trinajstić information content (AvgIpc) is 3.26. The molecule has 5 heteroatoms. The van der Waals surface area contributed by atoms with Crippen LogP contribution in [0.4, 0.5) is 0 Å². The molecule has 0 spiro atoms. The molecule has 1 amide bonds. The number of carbonyl (C=O) groups is 1. The Kier molecular flexibility index (Phi) is 4.49. The van der Waals surface area contributed by atoms with Crippen LogP contribution in [-0.2, 0) is 0 Å². The minimum absolute atomic E-state index is 0.295. The first kappa shape index (κ1) is 16.7. The predicted molar refractivity (Wildman–Crippen MR) is 106 cm³/mol. The first-order valence-corrected chi connectivity index (χ1v) is 8.56. The van der Waals surface area contributed by atoms with Crippen molar-refractivity contribution >= 4 is 22.5 Å². The van der Waals surface area contributed by atoms with Crippen molar-refractivity contribution in [2.24, 2.45) is 5.10 Å². The highest BCUT2D eigenvalue weighted by Gasteiger charge is 2.14. The van der Waals surface area contributed by atoms with Crippen LogP contribution < -0.4 is 5.43 Å². The third-order valence-electron chi connectivity index (χ3n) is 4.23. The second-order valence-electron chi connectivity index (χ2n) is 6.05. The number of nitrogens with one attached hydrogen (secondary N) is 1. The van der Waals surface area contributed by atoms with Crippen molar-refractivity contribution < 1.29 is 9.21 Å². The summed E-state index contributed by atoms with van der Waals surface area (Å²) in [7, 11) is 0. The van der Waals surface area contributed by atoms with E-state index in [4.69, 9.17) is 9.40 Å². The molecule has 0 saturated heterocycles. The van der Waals surface area contributed by atoms with E-state index in [-0.39, 0.29) is 5.91 Å². The van der Waals surface area contributed by atoms with Crippen molar-refractivity contribution in [2.75, 3.05) is 0 Å². The van der Waals surface area contributed by atoms with Crippen molar-refractivity contribution in [2.45, 2.75) is 6.92 Å². The zero-order chi connectivity index (χ0) is 18.6. The fourth-order valence-corrected chi connectivity index (χ4v) is 2.85. The fourth-order valence-electron chi connectivity index (χ4n) is 2.85. The normalized spacial score (nSPS) is 11.5. The zero-order valence-corrected chi connectivity index (χ0v) is 14.7. The van der Waals surface area contributed by atoms with E-state index >= 15 is 0 Å². The van der Waals surface area contributed by atoms with E-state index in [1.165, 1.54) is 0 Å². The summed E-state index contributed by atoms with van der Waals surface area (Å²) in [6.45, 7) is 1.78. The van der Waals surface area contributed by atoms with Crippen LogP contribution >= 0.6 is 0 Å². The number of amides is 1. The van der Waals surface area contributed by atoms with Gasteiger partial charge in [0.05, 0.1) is 23.0 Å². The molecule has 0 saturated carbocycles. The van der Waals surface area contributed by atoms with Crippen LogP contribution in [0.15, 0.2) is 88.6 Å². The predicted octanol–water partition coefficient (Wildman–Crippen LogP) is 4.65. The number of furan rings is 1. The van der Waals surface area contributed by atoms with Gasteiger partial charge in [-0.15, -0.1) is 0 Å². The van der Waals surface area contributed by atoms with Gasteiger partial charge in [-0.3, -0.25) is 4.79 Å². The molecular formula is C22H17N3O2. The molecule has 2 aromatic heterocycles. The zero-order valence-electron chi connectivity index (χ0n) is 14.7. The van der Waals surface area contributed by atoms with Crippen LogP contribution in [0.1, 0.15) is 23.0 Å². The van der Waals surface area contributed by atoms with Gasteiger partial charge in [0, 0.05) is 10.9 Å². The topological polar surface area (TPSA) is 67.5 Å². The number of hydrogen-bond donors (Lipinski definition) is 1. The van der Waals surface area contributed by atoms with Crippen LogP contribution in [0.5, 0.6) is 0 Å². The number of rotatable bonds is 4. The molecule has 27 heavy (non-hydrogen) atoms. The van der Waals surface area contributed by atoms with E-state index in [2.05, 4.69) is 10.5 Å². The monoisotopic (exact) mass is 355 g/mol. The summed E-state index contributed by atoms with van der Waals surface area (Å²) in [6, 6.07) is 22.7. The van der Waals surface area contributed by atoms with Gasteiger partial charge >= 0.3 is 0 Å². The first-order valence-electron chi connectivity index (χ1n) is 8.56. The molecule has 2 aromatic carbocycles. The summed E-state index contributed by atoms with van der Waals surface area (Å²) in [5.41, 5.74) is 6.19. The fraction of sp³-hybridized carbons (Fsp3) is 0.0455. The maximum Gasteiger partial charge on any atom is 0.272 e. The summed E-state index contributed by atoms with van der Waals surface area (Å²) in [5, 5.41) is 4.93. The maximum absolute atomic E-state index is 12.8. The average molecular weight is 355 g/mol. The van der Waals surface area contributed by atoms with Crippen molar-refractivity contribution in [1.29, 1.82) is 0 Å². The molecule has 132 valence electrons. The second-order valence-corrected chi connectivity index (χ2v) is 6.05. The SMILES string of the molecule is C/C(=N/NC(=O)c1cc(-c2ccccc2)nc2ccccc12)c1ccco1. The largest absolute Gasteiger partial charge is 0.463 e. The highest BCUT2D eigenvalue weighted by Crippen LogP contribution is 2.24. The summed E-state index contributed by atoms with van der Waals surface area (Å²) in [6.07, 6.45) is 1.57.